The third-order valence-electron chi connectivity index (χ3n) is 3.04. The number of nitrogens with two attached hydrogens (primary N) is 1. The fourth-order valence-electron chi connectivity index (χ4n) is 2.13. The van der Waals surface area contributed by atoms with E-state index in [0.29, 0.717) is 11.1 Å². The van der Waals surface area contributed by atoms with Crippen LogP contribution in [0.4, 0.5) is 17.1 Å². The van der Waals surface area contributed by atoms with Crippen LogP contribution in [-0.4, -0.2) is 54.8 Å². The van der Waals surface area contributed by atoms with Gasteiger partial charge in [0.05, 0.1) is 16.0 Å². The van der Waals surface area contributed by atoms with Crippen molar-refractivity contribution in [3.63, 3.8) is 0 Å². The van der Waals surface area contributed by atoms with E-state index in [1.807, 2.05) is 0 Å². The van der Waals surface area contributed by atoms with Crippen LogP contribution in [0.15, 0.2) is 43.6 Å². The van der Waals surface area contributed by atoms with Crippen molar-refractivity contribution in [2.45, 2.75) is 4.90 Å². The molecule has 2 rings (SSSR count). The van der Waals surface area contributed by atoms with E-state index in [1.165, 1.54) is 20.2 Å². The van der Waals surface area contributed by atoms with Gasteiger partial charge in [-0.3, -0.25) is 0 Å². The molecule has 148 valence electrons. The Morgan fingerprint density at radius 1 is 0.963 bits per heavy atom. The molecule has 0 aliphatic rings. The van der Waals surface area contributed by atoms with Crippen LogP contribution in [0.3, 0.4) is 0 Å². The Balaban J connectivity index is 0.000000646. The van der Waals surface area contributed by atoms with E-state index in [-0.39, 0.29) is 27.4 Å². The SMILES string of the molecule is CN=Nc1ccc2cc(S(C)(=O)=O)c(N=NC)c(O)c2c1N.CS(C)(=O)=O. The lowest BCUT2D eigenvalue weighted by atomic mass is 10.1. The second-order valence-corrected chi connectivity index (χ2v) is 9.95. The highest BCUT2D eigenvalue weighted by atomic mass is 32.2. The zero-order chi connectivity index (χ0) is 21.0. The number of hydrogen-bond acceptors (Lipinski definition) is 10. The number of aromatic hydroxyl groups is 1. The number of sulfone groups is 2. The number of phenolic OH excluding ortho intramolecular Hbond substituents is 1. The van der Waals surface area contributed by atoms with Crippen molar-refractivity contribution in [3.8, 4) is 5.75 Å². The first-order chi connectivity index (χ1) is 12.3. The monoisotopic (exact) mass is 415 g/mol. The smallest absolute Gasteiger partial charge is 0.177 e. The van der Waals surface area contributed by atoms with Gasteiger partial charge in [0.1, 0.15) is 21.2 Å². The lowest BCUT2D eigenvalue weighted by molar-refractivity contribution is 0.481. The highest BCUT2D eigenvalue weighted by molar-refractivity contribution is 7.91. The van der Waals surface area contributed by atoms with Gasteiger partial charge in [0.15, 0.2) is 15.6 Å². The number of phenols is 1. The predicted molar refractivity (Wildman–Crippen MR) is 105 cm³/mol. The van der Waals surface area contributed by atoms with E-state index >= 15 is 0 Å². The van der Waals surface area contributed by atoms with Gasteiger partial charge in [0, 0.05) is 32.9 Å². The topological polar surface area (TPSA) is 164 Å². The molecule has 0 aromatic heterocycles. The number of nitrogens with zero attached hydrogens (tertiary/aromatic N) is 4. The molecule has 0 aliphatic carbocycles. The largest absolute Gasteiger partial charge is 0.505 e. The van der Waals surface area contributed by atoms with Crippen LogP contribution in [0.25, 0.3) is 10.8 Å². The standard InChI is InChI=1S/C13H15N5O3S.C2H6O2S/c1-15-17-8-5-4-7-6-9(22(3,20)21)12(18-16-2)13(19)10(7)11(8)14;1-5(2,3)4/h4-6,19H,14H2,1-3H3;1-2H3. The van der Waals surface area contributed by atoms with E-state index < -0.39 is 19.7 Å². The highest BCUT2D eigenvalue weighted by Crippen LogP contribution is 2.45. The van der Waals surface area contributed by atoms with Gasteiger partial charge >= 0.3 is 0 Å². The van der Waals surface area contributed by atoms with E-state index in [4.69, 9.17) is 5.73 Å². The predicted octanol–water partition coefficient (Wildman–Crippen LogP) is 2.62. The van der Waals surface area contributed by atoms with Crippen molar-refractivity contribution in [1.82, 2.24) is 0 Å². The molecule has 0 saturated heterocycles. The van der Waals surface area contributed by atoms with Gasteiger partial charge in [-0.1, -0.05) is 6.07 Å². The Bertz CT molecular complexity index is 1120. The zero-order valence-electron chi connectivity index (χ0n) is 15.5. The highest BCUT2D eigenvalue weighted by Gasteiger charge is 2.22. The zero-order valence-corrected chi connectivity index (χ0v) is 17.1. The first kappa shape index (κ1) is 22.4. The lowest BCUT2D eigenvalue weighted by Gasteiger charge is -2.12. The first-order valence-corrected chi connectivity index (χ1v) is 11.5. The normalized spacial score (nSPS) is 12.5. The Hall–Kier alpha value is -2.60. The number of rotatable bonds is 3. The van der Waals surface area contributed by atoms with Gasteiger partial charge in [-0.25, -0.2) is 16.8 Å². The number of azo groups is 2. The quantitative estimate of drug-likeness (QED) is 0.577. The molecular formula is C15H21N5O5S2. The Kier molecular flexibility index (Phi) is 6.98. The van der Waals surface area contributed by atoms with E-state index in [1.54, 1.807) is 12.1 Å². The maximum absolute atomic E-state index is 11.9. The summed E-state index contributed by atoms with van der Waals surface area (Å²) in [6, 6.07) is 4.60. The molecule has 0 amide bonds. The summed E-state index contributed by atoms with van der Waals surface area (Å²) in [5.41, 5.74) is 6.41. The average Bonchev–Trinajstić information content (AvgIpc) is 2.50. The molecule has 27 heavy (non-hydrogen) atoms. The third kappa shape index (κ3) is 5.96. The molecule has 0 bridgehead atoms. The van der Waals surface area contributed by atoms with Crippen LogP contribution in [0.2, 0.25) is 0 Å². The molecule has 0 aliphatic heterocycles. The van der Waals surface area contributed by atoms with Crippen molar-refractivity contribution in [3.05, 3.63) is 18.2 Å². The molecule has 0 heterocycles. The molecule has 2 aromatic carbocycles. The van der Waals surface area contributed by atoms with Crippen LogP contribution in [0.5, 0.6) is 5.75 Å². The van der Waals surface area contributed by atoms with Crippen LogP contribution in [0, 0.1) is 0 Å². The van der Waals surface area contributed by atoms with Gasteiger partial charge in [-0.2, -0.15) is 20.5 Å². The van der Waals surface area contributed by atoms with Crippen molar-refractivity contribution >= 4 is 47.5 Å². The van der Waals surface area contributed by atoms with Gasteiger partial charge in [-0.15, -0.1) is 0 Å². The van der Waals surface area contributed by atoms with Crippen LogP contribution < -0.4 is 5.73 Å². The minimum Gasteiger partial charge on any atom is -0.505 e. The second-order valence-electron chi connectivity index (χ2n) is 5.68. The summed E-state index contributed by atoms with van der Waals surface area (Å²) in [4.78, 5) is -0.118. The van der Waals surface area contributed by atoms with E-state index in [2.05, 4.69) is 20.5 Å². The molecule has 0 atom stereocenters. The minimum atomic E-state index is -3.60. The lowest BCUT2D eigenvalue weighted by Crippen LogP contribution is -1.99. The van der Waals surface area contributed by atoms with Crippen molar-refractivity contribution < 1.29 is 21.9 Å². The fraction of sp³-hybridized carbons (Fsp3) is 0.333. The Morgan fingerprint density at radius 2 is 1.48 bits per heavy atom. The maximum atomic E-state index is 11.9. The molecule has 0 unspecified atom stereocenters. The van der Waals surface area contributed by atoms with Crippen molar-refractivity contribution in [2.75, 3.05) is 38.6 Å². The Labute approximate surface area is 157 Å². The summed E-state index contributed by atoms with van der Waals surface area (Å²) < 4.78 is 43.1. The van der Waals surface area contributed by atoms with Crippen LogP contribution in [-0.2, 0) is 19.7 Å². The molecule has 3 N–H and O–H groups in total. The van der Waals surface area contributed by atoms with Gasteiger partial charge in [0.25, 0.3) is 0 Å². The Morgan fingerprint density at radius 3 is 1.93 bits per heavy atom. The summed E-state index contributed by atoms with van der Waals surface area (Å²) in [7, 11) is -3.40. The number of fused-ring (bicyclic) bond motifs is 1. The van der Waals surface area contributed by atoms with Crippen LogP contribution in [0.1, 0.15) is 0 Å². The van der Waals surface area contributed by atoms with E-state index in [0.717, 1.165) is 18.8 Å². The molecule has 0 fully saturated rings. The van der Waals surface area contributed by atoms with E-state index in [9.17, 15) is 21.9 Å². The molecule has 12 heteroatoms. The van der Waals surface area contributed by atoms with Gasteiger partial charge in [-0.05, 0) is 17.5 Å². The summed E-state index contributed by atoms with van der Waals surface area (Å²) in [5, 5.41) is 25.9. The molecular weight excluding hydrogens is 394 g/mol. The van der Waals surface area contributed by atoms with Crippen molar-refractivity contribution in [2.24, 2.45) is 20.5 Å². The number of anilines is 1. The number of nitrogen functional groups attached to an aromatic ring is 1. The first-order valence-electron chi connectivity index (χ1n) is 7.34. The minimum absolute atomic E-state index is 0.118. The second kappa shape index (κ2) is 8.39. The fourth-order valence-corrected chi connectivity index (χ4v) is 2.96. The summed E-state index contributed by atoms with van der Waals surface area (Å²) in [5.74, 6) is -0.353. The maximum Gasteiger partial charge on any atom is 0.177 e. The summed E-state index contributed by atoms with van der Waals surface area (Å²) >= 11 is 0. The third-order valence-corrected chi connectivity index (χ3v) is 4.15. The molecule has 2 aromatic rings. The molecule has 0 radical (unpaired) electrons. The molecule has 0 saturated carbocycles. The van der Waals surface area contributed by atoms with Gasteiger partial charge in [0.2, 0.25) is 0 Å². The molecule has 0 spiro atoms. The number of benzene rings is 2. The van der Waals surface area contributed by atoms with Crippen molar-refractivity contribution in [1.29, 1.82) is 0 Å². The average molecular weight is 415 g/mol. The number of hydrogen-bond donors (Lipinski definition) is 2. The summed E-state index contributed by atoms with van der Waals surface area (Å²) in [6.07, 6.45) is 3.35. The van der Waals surface area contributed by atoms with Gasteiger partial charge < -0.3 is 10.8 Å². The summed E-state index contributed by atoms with van der Waals surface area (Å²) in [6.45, 7) is 0. The molecule has 10 nitrogen and oxygen atoms in total. The van der Waals surface area contributed by atoms with Crippen LogP contribution >= 0.6 is 0 Å².